The van der Waals surface area contributed by atoms with Crippen molar-refractivity contribution in [3.63, 3.8) is 0 Å². The van der Waals surface area contributed by atoms with Gasteiger partial charge in [0.2, 0.25) is 6.41 Å². The zero-order valence-corrected chi connectivity index (χ0v) is 16.0. The van der Waals surface area contributed by atoms with Gasteiger partial charge in [-0.1, -0.05) is 38.8 Å². The highest BCUT2D eigenvalue weighted by Gasteiger charge is 2.14. The molecule has 0 saturated carbocycles. The molecule has 1 aromatic heterocycles. The zero-order chi connectivity index (χ0) is 16.8. The molecule has 0 aromatic carbocycles. The van der Waals surface area contributed by atoms with Crippen molar-refractivity contribution >= 4 is 29.3 Å². The van der Waals surface area contributed by atoms with Gasteiger partial charge in [0.05, 0.1) is 4.34 Å². The molecule has 0 fully saturated rings. The first kappa shape index (κ1) is 21.4. The Morgan fingerprint density at radius 3 is 2.41 bits per heavy atom. The molecule has 1 amide bonds. The molecular weight excluding hydrogens is 316 g/mol. The zero-order valence-electron chi connectivity index (χ0n) is 14.4. The maximum atomic E-state index is 9.45. The molecular formula is C17H31ClN2OS. The van der Waals surface area contributed by atoms with Gasteiger partial charge in [-0.3, -0.25) is 4.79 Å². The Balaban J connectivity index is 0.000000626. The predicted molar refractivity (Wildman–Crippen MR) is 99.1 cm³/mol. The molecule has 0 spiro atoms. The van der Waals surface area contributed by atoms with E-state index >= 15 is 0 Å². The van der Waals surface area contributed by atoms with Gasteiger partial charge in [-0.15, -0.1) is 11.3 Å². The highest BCUT2D eigenvalue weighted by atomic mass is 35.5. The molecule has 3 nitrogen and oxygen atoms in total. The largest absolute Gasteiger partial charge is 0.359 e. The van der Waals surface area contributed by atoms with E-state index in [1.165, 1.54) is 30.7 Å². The molecule has 1 aromatic rings. The topological polar surface area (TPSA) is 32.3 Å². The van der Waals surface area contributed by atoms with Crippen LogP contribution < -0.4 is 5.32 Å². The van der Waals surface area contributed by atoms with Gasteiger partial charge < -0.3 is 10.2 Å². The summed E-state index contributed by atoms with van der Waals surface area (Å²) in [5.74, 6) is 0.652. The standard InChI is InChI=1S/C13H22ClNS.C4H9NO/c1-4-6-11(10-15(3)9-5-2)12-7-8-13(14)16-12;1-2-3-5-4-6/h7-8,11H,4-6,9-10H2,1-3H3;4H,2-3H2,1H3,(H,5,6). The number of hydrogen-bond donors (Lipinski definition) is 1. The van der Waals surface area contributed by atoms with Gasteiger partial charge in [0, 0.05) is 23.9 Å². The van der Waals surface area contributed by atoms with Crippen LogP contribution in [-0.2, 0) is 4.79 Å². The second-order valence-electron chi connectivity index (χ2n) is 5.46. The van der Waals surface area contributed by atoms with E-state index in [0.29, 0.717) is 12.3 Å². The van der Waals surface area contributed by atoms with Crippen molar-refractivity contribution in [2.24, 2.45) is 0 Å². The Hall–Kier alpha value is -0.580. The number of likely N-dealkylation sites (N-methyl/N-ethyl adjacent to an activating group) is 1. The second kappa shape index (κ2) is 14.0. The molecule has 128 valence electrons. The lowest BCUT2D eigenvalue weighted by molar-refractivity contribution is -0.109. The number of thiophene rings is 1. The molecule has 1 unspecified atom stereocenters. The summed E-state index contributed by atoms with van der Waals surface area (Å²) in [7, 11) is 2.21. The van der Waals surface area contributed by atoms with Crippen molar-refractivity contribution in [2.45, 2.75) is 52.4 Å². The number of nitrogens with zero attached hydrogens (tertiary/aromatic N) is 1. The van der Waals surface area contributed by atoms with E-state index in [2.05, 4.69) is 37.2 Å². The van der Waals surface area contributed by atoms with Crippen molar-refractivity contribution in [2.75, 3.05) is 26.7 Å². The van der Waals surface area contributed by atoms with E-state index < -0.39 is 0 Å². The van der Waals surface area contributed by atoms with E-state index in [0.717, 1.165) is 23.8 Å². The fourth-order valence-corrected chi connectivity index (χ4v) is 3.46. The Morgan fingerprint density at radius 2 is 2.00 bits per heavy atom. The second-order valence-corrected chi connectivity index (χ2v) is 7.21. The minimum absolute atomic E-state index is 0.652. The van der Waals surface area contributed by atoms with Crippen LogP contribution in [0.15, 0.2) is 12.1 Å². The number of halogens is 1. The Labute approximate surface area is 145 Å². The number of carbonyl (C=O) groups is 1. The summed E-state index contributed by atoms with van der Waals surface area (Å²) >= 11 is 7.74. The molecule has 1 atom stereocenters. The fraction of sp³-hybridized carbons (Fsp3) is 0.706. The number of amides is 1. The van der Waals surface area contributed by atoms with Crippen molar-refractivity contribution < 1.29 is 4.79 Å². The van der Waals surface area contributed by atoms with Crippen molar-refractivity contribution in [1.82, 2.24) is 10.2 Å². The van der Waals surface area contributed by atoms with Crippen LogP contribution in [0.25, 0.3) is 0 Å². The Bertz CT molecular complexity index is 384. The minimum Gasteiger partial charge on any atom is -0.359 e. The number of carbonyl (C=O) groups excluding carboxylic acids is 1. The minimum atomic E-state index is 0.652. The van der Waals surface area contributed by atoms with Gasteiger partial charge in [-0.2, -0.15) is 0 Å². The van der Waals surface area contributed by atoms with E-state index in [-0.39, 0.29) is 0 Å². The quantitative estimate of drug-likeness (QED) is 0.489. The van der Waals surface area contributed by atoms with Crippen LogP contribution in [0.4, 0.5) is 0 Å². The molecule has 0 aliphatic heterocycles. The summed E-state index contributed by atoms with van der Waals surface area (Å²) in [6.45, 7) is 9.62. The summed E-state index contributed by atoms with van der Waals surface area (Å²) < 4.78 is 0.911. The number of nitrogens with one attached hydrogen (secondary N) is 1. The molecule has 0 bridgehead atoms. The smallest absolute Gasteiger partial charge is 0.207 e. The molecule has 0 aliphatic rings. The molecule has 0 radical (unpaired) electrons. The van der Waals surface area contributed by atoms with Crippen molar-refractivity contribution in [3.8, 4) is 0 Å². The molecule has 1 rings (SSSR count). The van der Waals surface area contributed by atoms with Gasteiger partial charge in [-0.05, 0) is 45.0 Å². The average molecular weight is 347 g/mol. The molecule has 0 saturated heterocycles. The molecule has 5 heteroatoms. The lowest BCUT2D eigenvalue weighted by Gasteiger charge is -2.22. The van der Waals surface area contributed by atoms with Crippen LogP contribution in [0.3, 0.4) is 0 Å². The summed E-state index contributed by atoms with van der Waals surface area (Å²) in [6, 6.07) is 4.21. The average Bonchev–Trinajstić information content (AvgIpc) is 2.92. The third kappa shape index (κ3) is 10.2. The van der Waals surface area contributed by atoms with Gasteiger partial charge in [-0.25, -0.2) is 0 Å². The first-order chi connectivity index (χ1) is 10.6. The van der Waals surface area contributed by atoms with Crippen LogP contribution in [-0.4, -0.2) is 38.0 Å². The highest BCUT2D eigenvalue weighted by molar-refractivity contribution is 7.16. The van der Waals surface area contributed by atoms with Crippen LogP contribution >= 0.6 is 22.9 Å². The van der Waals surface area contributed by atoms with Crippen LogP contribution in [0.1, 0.15) is 57.2 Å². The van der Waals surface area contributed by atoms with Gasteiger partial charge >= 0.3 is 0 Å². The predicted octanol–water partition coefficient (Wildman–Crippen LogP) is 4.77. The lowest BCUT2D eigenvalue weighted by atomic mass is 10.0. The molecule has 22 heavy (non-hydrogen) atoms. The third-order valence-corrected chi connectivity index (χ3v) is 4.64. The first-order valence-electron chi connectivity index (χ1n) is 8.19. The van der Waals surface area contributed by atoms with Gasteiger partial charge in [0.15, 0.2) is 0 Å². The molecule has 1 N–H and O–H groups in total. The summed E-state index contributed by atoms with van der Waals surface area (Å²) in [4.78, 5) is 13.3. The van der Waals surface area contributed by atoms with Crippen molar-refractivity contribution in [3.05, 3.63) is 21.3 Å². The van der Waals surface area contributed by atoms with Gasteiger partial charge in [0.25, 0.3) is 0 Å². The summed E-state index contributed by atoms with van der Waals surface area (Å²) in [6.07, 6.45) is 5.44. The lowest BCUT2D eigenvalue weighted by Crippen LogP contribution is -2.25. The Kier molecular flexibility index (Phi) is 13.7. The third-order valence-electron chi connectivity index (χ3n) is 3.25. The Morgan fingerprint density at radius 1 is 1.27 bits per heavy atom. The van der Waals surface area contributed by atoms with Crippen LogP contribution in [0.2, 0.25) is 4.34 Å². The van der Waals surface area contributed by atoms with Gasteiger partial charge in [0.1, 0.15) is 0 Å². The maximum Gasteiger partial charge on any atom is 0.207 e. The van der Waals surface area contributed by atoms with E-state index in [1.54, 1.807) is 11.3 Å². The number of hydrogen-bond acceptors (Lipinski definition) is 3. The van der Waals surface area contributed by atoms with Crippen LogP contribution in [0, 0.1) is 0 Å². The van der Waals surface area contributed by atoms with Crippen molar-refractivity contribution in [1.29, 1.82) is 0 Å². The first-order valence-corrected chi connectivity index (χ1v) is 9.39. The molecule has 1 heterocycles. The summed E-state index contributed by atoms with van der Waals surface area (Å²) in [5, 5.41) is 2.52. The van der Waals surface area contributed by atoms with E-state index in [4.69, 9.17) is 11.6 Å². The normalized spacial score (nSPS) is 11.7. The SMILES string of the molecule is CCCC(CN(C)CCC)c1ccc(Cl)s1.CCCNC=O. The summed E-state index contributed by atoms with van der Waals surface area (Å²) in [5.41, 5.74) is 0. The van der Waals surface area contributed by atoms with E-state index in [1.807, 2.05) is 13.0 Å². The highest BCUT2D eigenvalue weighted by Crippen LogP contribution is 2.31. The van der Waals surface area contributed by atoms with Crippen LogP contribution in [0.5, 0.6) is 0 Å². The van der Waals surface area contributed by atoms with E-state index in [9.17, 15) is 4.79 Å². The maximum absolute atomic E-state index is 9.45. The molecule has 0 aliphatic carbocycles. The fourth-order valence-electron chi connectivity index (χ4n) is 2.27. The number of rotatable bonds is 10. The monoisotopic (exact) mass is 346 g/mol.